The number of aromatic nitrogens is 2. The molecule has 1 aromatic heterocycles. The van der Waals surface area contributed by atoms with E-state index in [-0.39, 0.29) is 16.3 Å². The van der Waals surface area contributed by atoms with Gasteiger partial charge in [0, 0.05) is 11.3 Å². The van der Waals surface area contributed by atoms with Gasteiger partial charge in [0.25, 0.3) is 17.0 Å². The third-order valence-electron chi connectivity index (χ3n) is 4.27. The Morgan fingerprint density at radius 3 is 2.35 bits per heavy atom. The number of fused-ring (bicyclic) bond motifs is 1. The number of H-pyrrole nitrogens is 2. The molecule has 0 atom stereocenters. The highest BCUT2D eigenvalue weighted by Gasteiger charge is 2.25. The Kier molecular flexibility index (Phi) is 3.65. The molecule has 128 valence electrons. The van der Waals surface area contributed by atoms with Gasteiger partial charge in [-0.3, -0.25) is 14.4 Å². The van der Waals surface area contributed by atoms with Crippen molar-refractivity contribution in [2.24, 2.45) is 0 Å². The van der Waals surface area contributed by atoms with Gasteiger partial charge < -0.3 is 15.3 Å². The second-order valence-corrected chi connectivity index (χ2v) is 6.13. The van der Waals surface area contributed by atoms with Gasteiger partial charge in [0.05, 0.1) is 5.57 Å². The maximum Gasteiger partial charge on any atom is 0.273 e. The van der Waals surface area contributed by atoms with Gasteiger partial charge in [0.1, 0.15) is 10.7 Å². The fourth-order valence-corrected chi connectivity index (χ4v) is 2.95. The third-order valence-corrected chi connectivity index (χ3v) is 4.27. The lowest BCUT2D eigenvalue weighted by atomic mass is 10.1. The summed E-state index contributed by atoms with van der Waals surface area (Å²) >= 11 is 0. The molecule has 26 heavy (non-hydrogen) atoms. The number of hydrogen-bond acceptors (Lipinski definition) is 3. The quantitative estimate of drug-likeness (QED) is 0.594. The number of amides is 1. The zero-order valence-electron chi connectivity index (χ0n) is 13.9. The first-order valence-corrected chi connectivity index (χ1v) is 8.09. The molecule has 4 rings (SSSR count). The lowest BCUT2D eigenvalue weighted by Gasteiger charge is -1.98. The summed E-state index contributed by atoms with van der Waals surface area (Å²) in [5.41, 5.74) is 2.27. The van der Waals surface area contributed by atoms with Crippen LogP contribution in [0, 0.1) is 6.92 Å². The maximum absolute atomic E-state index is 12.5. The lowest BCUT2D eigenvalue weighted by molar-refractivity contribution is -0.110. The zero-order valence-corrected chi connectivity index (χ0v) is 13.9. The third kappa shape index (κ3) is 2.67. The van der Waals surface area contributed by atoms with Gasteiger partial charge in [-0.15, -0.1) is 0 Å². The molecule has 0 fully saturated rings. The predicted octanol–water partition coefficient (Wildman–Crippen LogP) is 0.352. The minimum absolute atomic E-state index is 0.0430. The van der Waals surface area contributed by atoms with Crippen LogP contribution in [0.2, 0.25) is 0 Å². The van der Waals surface area contributed by atoms with E-state index in [1.807, 2.05) is 31.2 Å². The molecule has 3 aromatic rings. The number of benzene rings is 2. The standard InChI is InChI=1S/C20H15N3O3/c1-11-6-8-12(9-7-11)10-15-18(24)23-17(20(26)22-15)16-13-4-2-3-5-14(13)21-19(16)25/h2-10H,1H3,(H,21,25)(H,22,26)(H,23,24)/b15-10+,17-16-. The van der Waals surface area contributed by atoms with Crippen LogP contribution in [0.3, 0.4) is 0 Å². The summed E-state index contributed by atoms with van der Waals surface area (Å²) in [4.78, 5) is 42.4. The van der Waals surface area contributed by atoms with E-state index in [2.05, 4.69) is 15.3 Å². The molecule has 0 radical (unpaired) electrons. The van der Waals surface area contributed by atoms with Crippen molar-refractivity contribution in [1.29, 1.82) is 0 Å². The average molecular weight is 345 g/mol. The number of carbonyl (C=O) groups is 1. The van der Waals surface area contributed by atoms with Crippen LogP contribution in [0.1, 0.15) is 16.7 Å². The lowest BCUT2D eigenvalue weighted by Crippen LogP contribution is -2.48. The van der Waals surface area contributed by atoms with Gasteiger partial charge in [-0.1, -0.05) is 48.0 Å². The first kappa shape index (κ1) is 15.8. The summed E-state index contributed by atoms with van der Waals surface area (Å²) in [7, 11) is 0. The van der Waals surface area contributed by atoms with Crippen LogP contribution in [0.15, 0.2) is 58.1 Å². The molecule has 1 aliphatic rings. The van der Waals surface area contributed by atoms with Crippen molar-refractivity contribution < 1.29 is 4.79 Å². The summed E-state index contributed by atoms with van der Waals surface area (Å²) in [6.07, 6.45) is 1.59. The van der Waals surface area contributed by atoms with E-state index in [1.54, 1.807) is 30.3 Å². The van der Waals surface area contributed by atoms with E-state index in [9.17, 15) is 14.4 Å². The SMILES string of the molecule is Cc1ccc(/C=c2/[nH]c(=O)/c(=C3/C(=O)Nc4ccccc43)[nH]c2=O)cc1. The summed E-state index contributed by atoms with van der Waals surface area (Å²) in [6.45, 7) is 1.97. The predicted molar refractivity (Wildman–Crippen MR) is 99.3 cm³/mol. The molecule has 6 heteroatoms. The van der Waals surface area contributed by atoms with Crippen LogP contribution < -0.4 is 27.1 Å². The molecule has 0 bridgehead atoms. The van der Waals surface area contributed by atoms with Crippen molar-refractivity contribution in [3.63, 3.8) is 0 Å². The van der Waals surface area contributed by atoms with Gasteiger partial charge in [-0.2, -0.15) is 0 Å². The summed E-state index contributed by atoms with van der Waals surface area (Å²) < 4.78 is 0. The van der Waals surface area contributed by atoms with Crippen molar-refractivity contribution in [3.05, 3.63) is 96.6 Å². The number of para-hydroxylation sites is 1. The van der Waals surface area contributed by atoms with Gasteiger partial charge in [0.15, 0.2) is 0 Å². The van der Waals surface area contributed by atoms with Crippen molar-refractivity contribution in [2.75, 3.05) is 5.32 Å². The Labute approximate surface area is 147 Å². The van der Waals surface area contributed by atoms with Gasteiger partial charge >= 0.3 is 0 Å². The van der Waals surface area contributed by atoms with Crippen LogP contribution in [-0.2, 0) is 4.79 Å². The van der Waals surface area contributed by atoms with Crippen molar-refractivity contribution in [2.45, 2.75) is 6.92 Å². The molecule has 1 amide bonds. The molecular weight excluding hydrogens is 330 g/mol. The second-order valence-electron chi connectivity index (χ2n) is 6.13. The molecular formula is C20H15N3O3. The molecule has 0 saturated heterocycles. The van der Waals surface area contributed by atoms with Crippen LogP contribution in [0.4, 0.5) is 5.69 Å². The second kappa shape index (κ2) is 6.00. The number of nitrogens with one attached hydrogen (secondary N) is 3. The van der Waals surface area contributed by atoms with Gasteiger partial charge in [0.2, 0.25) is 0 Å². The number of carbonyl (C=O) groups excluding carboxylic acids is 1. The van der Waals surface area contributed by atoms with Gasteiger partial charge in [-0.05, 0) is 24.6 Å². The maximum atomic E-state index is 12.5. The highest BCUT2D eigenvalue weighted by atomic mass is 16.2. The molecule has 0 unspecified atom stereocenters. The molecule has 2 heterocycles. The van der Waals surface area contributed by atoms with E-state index in [1.165, 1.54) is 0 Å². The Bertz CT molecular complexity index is 1270. The van der Waals surface area contributed by atoms with Gasteiger partial charge in [-0.25, -0.2) is 0 Å². The smallest absolute Gasteiger partial charge is 0.273 e. The minimum atomic E-state index is -0.523. The van der Waals surface area contributed by atoms with E-state index in [0.29, 0.717) is 11.3 Å². The molecule has 0 spiro atoms. The molecule has 2 aromatic carbocycles. The Balaban J connectivity index is 1.96. The first-order chi connectivity index (χ1) is 12.5. The van der Waals surface area contributed by atoms with Crippen molar-refractivity contribution in [3.8, 4) is 0 Å². The van der Waals surface area contributed by atoms with Crippen molar-refractivity contribution >= 4 is 23.2 Å². The monoisotopic (exact) mass is 345 g/mol. The summed E-state index contributed by atoms with van der Waals surface area (Å²) in [5, 5.41) is 2.78. The normalized spacial score (nSPS) is 15.7. The topological polar surface area (TPSA) is 94.8 Å². The van der Waals surface area contributed by atoms with E-state index < -0.39 is 17.0 Å². The molecule has 1 aliphatic heterocycles. The molecule has 0 saturated carbocycles. The van der Waals surface area contributed by atoms with Crippen molar-refractivity contribution in [1.82, 2.24) is 9.97 Å². The number of hydrogen-bond donors (Lipinski definition) is 3. The number of anilines is 1. The van der Waals surface area contributed by atoms with Crippen LogP contribution in [0.5, 0.6) is 0 Å². The van der Waals surface area contributed by atoms with Crippen LogP contribution in [0.25, 0.3) is 11.6 Å². The Hall–Kier alpha value is -3.67. The van der Waals surface area contributed by atoms with E-state index in [0.717, 1.165) is 11.1 Å². The summed E-state index contributed by atoms with van der Waals surface area (Å²) in [5.74, 6) is -0.414. The number of rotatable bonds is 1. The summed E-state index contributed by atoms with van der Waals surface area (Å²) in [6, 6.07) is 14.6. The average Bonchev–Trinajstić information content (AvgIpc) is 2.95. The minimum Gasteiger partial charge on any atom is -0.321 e. The fraction of sp³-hybridized carbons (Fsp3) is 0.0500. The fourth-order valence-electron chi connectivity index (χ4n) is 2.95. The van der Waals surface area contributed by atoms with Crippen LogP contribution in [-0.4, -0.2) is 15.9 Å². The Morgan fingerprint density at radius 2 is 1.58 bits per heavy atom. The largest absolute Gasteiger partial charge is 0.321 e. The Morgan fingerprint density at radius 1 is 0.846 bits per heavy atom. The molecule has 0 aliphatic carbocycles. The number of aromatic amines is 2. The van der Waals surface area contributed by atoms with E-state index in [4.69, 9.17) is 0 Å². The highest BCUT2D eigenvalue weighted by molar-refractivity contribution is 6.31. The first-order valence-electron chi connectivity index (χ1n) is 8.09. The highest BCUT2D eigenvalue weighted by Crippen LogP contribution is 2.28. The van der Waals surface area contributed by atoms with E-state index >= 15 is 0 Å². The zero-order chi connectivity index (χ0) is 18.3. The number of aryl methyl sites for hydroxylation is 1. The molecule has 6 nitrogen and oxygen atoms in total. The van der Waals surface area contributed by atoms with Crippen LogP contribution >= 0.6 is 0 Å². The molecule has 3 N–H and O–H groups in total.